The van der Waals surface area contributed by atoms with E-state index in [1.54, 1.807) is 31.7 Å². The minimum atomic E-state index is -0.650. The molecule has 1 unspecified atom stereocenters. The highest BCUT2D eigenvalue weighted by molar-refractivity contribution is 5.98. The van der Waals surface area contributed by atoms with E-state index in [1.165, 1.54) is 26.1 Å². The van der Waals surface area contributed by atoms with Crippen molar-refractivity contribution in [3.63, 3.8) is 0 Å². The maximum absolute atomic E-state index is 13.8. The molecule has 0 aromatic carbocycles. The molecule has 40 heavy (non-hydrogen) atoms. The van der Waals surface area contributed by atoms with Crippen molar-refractivity contribution in [2.24, 2.45) is 0 Å². The molecule has 0 spiro atoms. The lowest BCUT2D eigenvalue weighted by Crippen LogP contribution is -2.45. The molecule has 3 aromatic heterocycles. The quantitative estimate of drug-likeness (QED) is 0.496. The summed E-state index contributed by atoms with van der Waals surface area (Å²) in [6.45, 7) is 7.77. The Labute approximate surface area is 229 Å². The number of carbonyl (C=O) groups is 3. The molecule has 3 amide bonds. The molecule has 2 aliphatic rings. The smallest absolute Gasteiger partial charge is 0.410 e. The standard InChI is InChI=1S/C27H32FN7O5/c1-5-17-11-22-34(15-21(36)30-20-9-8-16(28)12-29-20)23-19(24(37)35(22)31-17)14-32(25(23)38)13-18-7-6-10-33(18)26(39)40-27(2,3)4/h8-9,11-12,18H,5-7,10,13-15H2,1-4H3,(H,29,30,36). The zero-order chi connectivity index (χ0) is 28.8. The molecule has 1 atom stereocenters. The van der Waals surface area contributed by atoms with E-state index in [1.807, 2.05) is 6.92 Å². The predicted molar refractivity (Wildman–Crippen MR) is 142 cm³/mol. The van der Waals surface area contributed by atoms with E-state index in [4.69, 9.17) is 4.74 Å². The lowest BCUT2D eigenvalue weighted by molar-refractivity contribution is -0.116. The Hall–Kier alpha value is -4.29. The van der Waals surface area contributed by atoms with E-state index in [0.717, 1.165) is 12.6 Å². The number of likely N-dealkylation sites (tertiary alicyclic amines) is 1. The van der Waals surface area contributed by atoms with Gasteiger partial charge in [0.1, 0.15) is 35.1 Å². The monoisotopic (exact) mass is 553 g/mol. The predicted octanol–water partition coefficient (Wildman–Crippen LogP) is 2.59. The number of halogens is 1. The van der Waals surface area contributed by atoms with Crippen LogP contribution in [0.4, 0.5) is 15.0 Å². The first kappa shape index (κ1) is 27.3. The van der Waals surface area contributed by atoms with Crippen LogP contribution in [-0.4, -0.2) is 71.6 Å². The minimum Gasteiger partial charge on any atom is -0.444 e. The van der Waals surface area contributed by atoms with Crippen LogP contribution in [0.5, 0.6) is 0 Å². The van der Waals surface area contributed by atoms with Gasteiger partial charge in [-0.2, -0.15) is 9.61 Å². The maximum atomic E-state index is 13.8. The second kappa shape index (κ2) is 10.4. The SMILES string of the molecule is CCc1cc2n(CC(=O)Nc3ccc(F)cn3)c3c(c(=O)n2n1)CN(CC1CCCN1C(=O)OC(C)(C)C)C3=O. The number of aromatic nitrogens is 4. The van der Waals surface area contributed by atoms with Gasteiger partial charge in [-0.1, -0.05) is 6.92 Å². The van der Waals surface area contributed by atoms with Crippen LogP contribution < -0.4 is 10.9 Å². The fourth-order valence-corrected chi connectivity index (χ4v) is 5.16. The Morgan fingerprint density at radius 2 is 2.00 bits per heavy atom. The van der Waals surface area contributed by atoms with Crippen LogP contribution >= 0.6 is 0 Å². The number of hydrogen-bond donors (Lipinski definition) is 1. The van der Waals surface area contributed by atoms with Gasteiger partial charge < -0.3 is 24.4 Å². The lowest BCUT2D eigenvalue weighted by Gasteiger charge is -2.30. The van der Waals surface area contributed by atoms with Gasteiger partial charge in [0.25, 0.3) is 11.5 Å². The summed E-state index contributed by atoms with van der Waals surface area (Å²) in [5.41, 5.74) is 0.227. The average molecular weight is 554 g/mol. The number of rotatable bonds is 6. The molecule has 212 valence electrons. The van der Waals surface area contributed by atoms with Gasteiger partial charge in [-0.15, -0.1) is 0 Å². The van der Waals surface area contributed by atoms with Crippen molar-refractivity contribution in [3.05, 3.63) is 57.5 Å². The number of hydrogen-bond acceptors (Lipinski definition) is 7. The molecule has 5 rings (SSSR count). The van der Waals surface area contributed by atoms with Crippen LogP contribution in [0.25, 0.3) is 5.65 Å². The van der Waals surface area contributed by atoms with E-state index in [-0.39, 0.29) is 42.8 Å². The van der Waals surface area contributed by atoms with Gasteiger partial charge in [0, 0.05) is 19.2 Å². The largest absolute Gasteiger partial charge is 0.444 e. The number of fused-ring (bicyclic) bond motifs is 2. The number of aryl methyl sites for hydroxylation is 1. The van der Waals surface area contributed by atoms with Gasteiger partial charge in [0.05, 0.1) is 30.0 Å². The summed E-state index contributed by atoms with van der Waals surface area (Å²) in [6, 6.07) is 3.92. The van der Waals surface area contributed by atoms with Crippen LogP contribution in [0.15, 0.2) is 29.2 Å². The van der Waals surface area contributed by atoms with Crippen LogP contribution in [0, 0.1) is 5.82 Å². The van der Waals surface area contributed by atoms with Gasteiger partial charge >= 0.3 is 6.09 Å². The minimum absolute atomic E-state index is 0.0318. The molecule has 13 heteroatoms. The second-order valence-electron chi connectivity index (χ2n) is 11.0. The van der Waals surface area contributed by atoms with Crippen LogP contribution in [0.2, 0.25) is 0 Å². The van der Waals surface area contributed by atoms with Gasteiger partial charge in [-0.25, -0.2) is 14.2 Å². The van der Waals surface area contributed by atoms with E-state index in [9.17, 15) is 23.6 Å². The number of anilines is 1. The van der Waals surface area contributed by atoms with Crippen molar-refractivity contribution in [2.45, 2.75) is 71.7 Å². The maximum Gasteiger partial charge on any atom is 0.410 e. The summed E-state index contributed by atoms with van der Waals surface area (Å²) >= 11 is 0. The van der Waals surface area contributed by atoms with Crippen molar-refractivity contribution in [3.8, 4) is 0 Å². The molecule has 12 nitrogen and oxygen atoms in total. The van der Waals surface area contributed by atoms with Crippen molar-refractivity contribution in [1.82, 2.24) is 29.0 Å². The van der Waals surface area contributed by atoms with Crippen molar-refractivity contribution in [2.75, 3.05) is 18.4 Å². The molecule has 0 radical (unpaired) electrons. The molecule has 1 saturated heterocycles. The molecule has 0 bridgehead atoms. The Balaban J connectivity index is 1.45. The highest BCUT2D eigenvalue weighted by Gasteiger charge is 2.39. The van der Waals surface area contributed by atoms with Crippen molar-refractivity contribution < 1.29 is 23.5 Å². The zero-order valence-electron chi connectivity index (χ0n) is 22.9. The molecular weight excluding hydrogens is 521 g/mol. The number of pyridine rings is 1. The number of carbonyl (C=O) groups excluding carboxylic acids is 3. The molecule has 0 aliphatic carbocycles. The van der Waals surface area contributed by atoms with Crippen LogP contribution in [0.3, 0.4) is 0 Å². The highest BCUT2D eigenvalue weighted by atomic mass is 19.1. The molecule has 0 saturated carbocycles. The lowest BCUT2D eigenvalue weighted by atomic mass is 10.2. The number of amides is 3. The molecule has 5 heterocycles. The van der Waals surface area contributed by atoms with Gasteiger partial charge in [-0.05, 0) is 52.2 Å². The van der Waals surface area contributed by atoms with Gasteiger partial charge in [-0.3, -0.25) is 14.4 Å². The first-order valence-electron chi connectivity index (χ1n) is 13.3. The van der Waals surface area contributed by atoms with Crippen molar-refractivity contribution >= 4 is 29.4 Å². The zero-order valence-corrected chi connectivity index (χ0v) is 22.9. The molecular formula is C27H32FN7O5. The third-order valence-electron chi connectivity index (χ3n) is 6.96. The first-order chi connectivity index (χ1) is 18.9. The number of nitrogens with zero attached hydrogens (tertiary/aromatic N) is 6. The van der Waals surface area contributed by atoms with Gasteiger partial charge in [0.2, 0.25) is 5.91 Å². The molecule has 3 aromatic rings. The molecule has 1 N–H and O–H groups in total. The van der Waals surface area contributed by atoms with E-state index < -0.39 is 34.9 Å². The normalized spacial score (nSPS) is 17.0. The third kappa shape index (κ3) is 5.27. The Kier molecular flexibility index (Phi) is 7.06. The van der Waals surface area contributed by atoms with Crippen LogP contribution in [-0.2, 0) is 29.0 Å². The molecule has 2 aliphatic heterocycles. The highest BCUT2D eigenvalue weighted by Crippen LogP contribution is 2.27. The Bertz CT molecular complexity index is 1540. The Morgan fingerprint density at radius 3 is 2.67 bits per heavy atom. The van der Waals surface area contributed by atoms with E-state index in [2.05, 4.69) is 15.4 Å². The van der Waals surface area contributed by atoms with Gasteiger partial charge in [0.15, 0.2) is 0 Å². The fraction of sp³-hybridized carbons (Fsp3) is 0.481. The van der Waals surface area contributed by atoms with Crippen LogP contribution in [0.1, 0.15) is 62.3 Å². The summed E-state index contributed by atoms with van der Waals surface area (Å²) in [6.07, 6.45) is 2.58. The summed E-state index contributed by atoms with van der Waals surface area (Å²) in [7, 11) is 0. The second-order valence-corrected chi connectivity index (χ2v) is 11.0. The average Bonchev–Trinajstić information content (AvgIpc) is 3.61. The number of nitrogens with one attached hydrogen (secondary N) is 1. The summed E-state index contributed by atoms with van der Waals surface area (Å²) in [5.74, 6) is -1.30. The van der Waals surface area contributed by atoms with E-state index in [0.29, 0.717) is 30.7 Å². The fourth-order valence-electron chi connectivity index (χ4n) is 5.16. The number of ether oxygens (including phenoxy) is 1. The van der Waals surface area contributed by atoms with E-state index >= 15 is 0 Å². The Morgan fingerprint density at radius 1 is 1.23 bits per heavy atom. The topological polar surface area (TPSA) is 131 Å². The first-order valence-corrected chi connectivity index (χ1v) is 13.3. The summed E-state index contributed by atoms with van der Waals surface area (Å²) < 4.78 is 21.5. The van der Waals surface area contributed by atoms with Crippen molar-refractivity contribution in [1.29, 1.82) is 0 Å². The third-order valence-corrected chi connectivity index (χ3v) is 6.96. The molecule has 1 fully saturated rings. The summed E-state index contributed by atoms with van der Waals surface area (Å²) in [5, 5.41) is 6.99. The summed E-state index contributed by atoms with van der Waals surface area (Å²) in [4.78, 5) is 60.1.